The summed E-state index contributed by atoms with van der Waals surface area (Å²) >= 11 is 0. The summed E-state index contributed by atoms with van der Waals surface area (Å²) in [5.74, 6) is -1.03. The largest absolute Gasteiger partial charge is 0.480 e. The molecule has 2 N–H and O–H groups in total. The lowest BCUT2D eigenvalue weighted by Crippen LogP contribution is -2.40. The number of carbonyl (C=O) groups is 2. The number of carboxylic acid groups (broad SMARTS) is 1. The molecule has 154 valence electrons. The second-order valence-corrected chi connectivity index (χ2v) is 8.04. The van der Waals surface area contributed by atoms with Crippen LogP contribution in [0.1, 0.15) is 56.4 Å². The topological polar surface area (TPSA) is 69.6 Å². The van der Waals surface area contributed by atoms with Crippen LogP contribution in [0.15, 0.2) is 12.1 Å². The van der Waals surface area contributed by atoms with Crippen molar-refractivity contribution in [3.05, 3.63) is 34.4 Å². The summed E-state index contributed by atoms with van der Waals surface area (Å²) in [5.41, 5.74) is 5.22. The summed E-state index contributed by atoms with van der Waals surface area (Å²) in [4.78, 5) is 24.6. The first-order valence-electron chi connectivity index (χ1n) is 9.36. The molecule has 0 unspecified atom stereocenters. The molecule has 0 saturated carbocycles. The minimum absolute atomic E-state index is 0. The van der Waals surface area contributed by atoms with Crippen LogP contribution in [0.2, 0.25) is 0 Å². The minimum atomic E-state index is -0.906. The highest BCUT2D eigenvalue weighted by Gasteiger charge is 2.17. The molecule has 27 heavy (non-hydrogen) atoms. The maximum atomic E-state index is 12.1. The standard InChI is InChI=1S/C21H34N2O3.ClH/c1-7-10-23(14-20(25)26)13-19(24)22-9-8-18-15(2)11-17(12-16(18)3)21(4,5)6;/h11-12H,7-10,13-14H2,1-6H3,(H,22,24)(H,25,26);1H. The van der Waals surface area contributed by atoms with E-state index in [1.54, 1.807) is 4.90 Å². The highest BCUT2D eigenvalue weighted by Crippen LogP contribution is 2.27. The molecule has 0 bridgehead atoms. The number of rotatable bonds is 9. The van der Waals surface area contributed by atoms with Gasteiger partial charge in [-0.3, -0.25) is 14.5 Å². The second-order valence-electron chi connectivity index (χ2n) is 8.04. The van der Waals surface area contributed by atoms with Crippen molar-refractivity contribution >= 4 is 24.3 Å². The molecule has 0 aliphatic rings. The van der Waals surface area contributed by atoms with E-state index in [9.17, 15) is 9.59 Å². The average Bonchev–Trinajstić information content (AvgIpc) is 2.48. The Kier molecular flexibility index (Phi) is 10.6. The Balaban J connectivity index is 0.00000676. The first-order valence-corrected chi connectivity index (χ1v) is 9.36. The van der Waals surface area contributed by atoms with Crippen molar-refractivity contribution in [3.8, 4) is 0 Å². The molecule has 0 radical (unpaired) electrons. The first-order chi connectivity index (χ1) is 12.0. The van der Waals surface area contributed by atoms with E-state index in [0.717, 1.165) is 12.8 Å². The van der Waals surface area contributed by atoms with Crippen LogP contribution in [-0.4, -0.2) is 48.1 Å². The van der Waals surface area contributed by atoms with E-state index < -0.39 is 5.97 Å². The number of amides is 1. The first kappa shape index (κ1) is 25.4. The monoisotopic (exact) mass is 398 g/mol. The lowest BCUT2D eigenvalue weighted by molar-refractivity contribution is -0.138. The highest BCUT2D eigenvalue weighted by atomic mass is 35.5. The van der Waals surface area contributed by atoms with Crippen LogP contribution >= 0.6 is 12.4 Å². The molecule has 0 fully saturated rings. The maximum absolute atomic E-state index is 12.1. The van der Waals surface area contributed by atoms with Crippen LogP contribution < -0.4 is 5.32 Å². The number of carbonyl (C=O) groups excluding carboxylic acids is 1. The Morgan fingerprint density at radius 2 is 1.67 bits per heavy atom. The lowest BCUT2D eigenvalue weighted by Gasteiger charge is -2.22. The molecule has 0 aliphatic heterocycles. The Morgan fingerprint density at radius 1 is 1.11 bits per heavy atom. The van der Waals surface area contributed by atoms with Crippen LogP contribution in [-0.2, 0) is 21.4 Å². The molecule has 6 heteroatoms. The molecule has 5 nitrogen and oxygen atoms in total. The fourth-order valence-electron chi connectivity index (χ4n) is 3.13. The molecule has 0 atom stereocenters. The number of benzene rings is 1. The van der Waals surface area contributed by atoms with Gasteiger partial charge in [-0.2, -0.15) is 0 Å². The molecular weight excluding hydrogens is 364 g/mol. The van der Waals surface area contributed by atoms with Crippen molar-refractivity contribution in [1.82, 2.24) is 10.2 Å². The molecule has 0 heterocycles. The number of halogens is 1. The number of aryl methyl sites for hydroxylation is 2. The summed E-state index contributed by atoms with van der Waals surface area (Å²) in [5, 5.41) is 11.8. The van der Waals surface area contributed by atoms with Crippen molar-refractivity contribution in [3.63, 3.8) is 0 Å². The zero-order valence-corrected chi connectivity index (χ0v) is 18.3. The van der Waals surface area contributed by atoms with Crippen LogP contribution in [0.5, 0.6) is 0 Å². The van der Waals surface area contributed by atoms with Gasteiger partial charge < -0.3 is 10.4 Å². The quantitative estimate of drug-likeness (QED) is 0.668. The van der Waals surface area contributed by atoms with E-state index in [4.69, 9.17) is 5.11 Å². The van der Waals surface area contributed by atoms with Crippen molar-refractivity contribution in [2.45, 2.75) is 59.8 Å². The Labute approximate surface area is 169 Å². The predicted molar refractivity (Wildman–Crippen MR) is 113 cm³/mol. The number of hydrogen-bond donors (Lipinski definition) is 2. The lowest BCUT2D eigenvalue weighted by atomic mass is 9.83. The number of carboxylic acids is 1. The van der Waals surface area contributed by atoms with Crippen LogP contribution in [0.3, 0.4) is 0 Å². The van der Waals surface area contributed by atoms with Crippen molar-refractivity contribution < 1.29 is 14.7 Å². The zero-order valence-electron chi connectivity index (χ0n) is 17.5. The molecule has 0 spiro atoms. The highest BCUT2D eigenvalue weighted by molar-refractivity contribution is 5.85. The Bertz CT molecular complexity index is 616. The van der Waals surface area contributed by atoms with Gasteiger partial charge >= 0.3 is 5.97 Å². The number of nitrogens with zero attached hydrogens (tertiary/aromatic N) is 1. The molecular formula is C21H35ClN2O3. The van der Waals surface area contributed by atoms with Gasteiger partial charge in [0, 0.05) is 6.54 Å². The normalized spacial score (nSPS) is 11.2. The van der Waals surface area contributed by atoms with E-state index in [-0.39, 0.29) is 36.8 Å². The van der Waals surface area contributed by atoms with E-state index in [1.807, 2.05) is 6.92 Å². The fraction of sp³-hybridized carbons (Fsp3) is 0.619. The summed E-state index contributed by atoms with van der Waals surface area (Å²) in [6.45, 7) is 14.0. The molecule has 0 aromatic heterocycles. The minimum Gasteiger partial charge on any atom is -0.480 e. The maximum Gasteiger partial charge on any atom is 0.317 e. The summed E-state index contributed by atoms with van der Waals surface area (Å²) in [7, 11) is 0. The Morgan fingerprint density at radius 3 is 2.11 bits per heavy atom. The third-order valence-electron chi connectivity index (χ3n) is 4.53. The Hall–Kier alpha value is -1.59. The van der Waals surface area contributed by atoms with Gasteiger partial charge in [-0.15, -0.1) is 12.4 Å². The van der Waals surface area contributed by atoms with Crippen LogP contribution in [0.25, 0.3) is 0 Å². The molecule has 1 aromatic carbocycles. The predicted octanol–water partition coefficient (Wildman–Crippen LogP) is 3.48. The van der Waals surface area contributed by atoms with Crippen molar-refractivity contribution in [1.29, 1.82) is 0 Å². The summed E-state index contributed by atoms with van der Waals surface area (Å²) in [6.07, 6.45) is 1.60. The van der Waals surface area contributed by atoms with Crippen molar-refractivity contribution in [2.75, 3.05) is 26.2 Å². The number of aliphatic carboxylic acids is 1. The smallest absolute Gasteiger partial charge is 0.317 e. The van der Waals surface area contributed by atoms with Gasteiger partial charge in [0.1, 0.15) is 0 Å². The van der Waals surface area contributed by atoms with Crippen LogP contribution in [0.4, 0.5) is 0 Å². The zero-order chi connectivity index (χ0) is 19.9. The van der Waals surface area contributed by atoms with E-state index >= 15 is 0 Å². The van der Waals surface area contributed by atoms with E-state index in [2.05, 4.69) is 52.1 Å². The number of nitrogens with one attached hydrogen (secondary N) is 1. The third-order valence-corrected chi connectivity index (χ3v) is 4.53. The molecule has 1 rings (SSSR count). The van der Waals surface area contributed by atoms with Crippen LogP contribution in [0, 0.1) is 13.8 Å². The third kappa shape index (κ3) is 8.76. The summed E-state index contributed by atoms with van der Waals surface area (Å²) in [6, 6.07) is 4.47. The van der Waals surface area contributed by atoms with Gasteiger partial charge in [-0.25, -0.2) is 0 Å². The van der Waals surface area contributed by atoms with E-state index in [0.29, 0.717) is 13.1 Å². The molecule has 1 aromatic rings. The molecule has 0 aliphatic carbocycles. The second kappa shape index (κ2) is 11.3. The number of hydrogen-bond acceptors (Lipinski definition) is 3. The van der Waals surface area contributed by atoms with Gasteiger partial charge in [0.05, 0.1) is 13.1 Å². The summed E-state index contributed by atoms with van der Waals surface area (Å²) < 4.78 is 0. The van der Waals surface area contributed by atoms with Crippen molar-refractivity contribution in [2.24, 2.45) is 0 Å². The van der Waals surface area contributed by atoms with Gasteiger partial charge in [-0.1, -0.05) is 39.8 Å². The van der Waals surface area contributed by atoms with Gasteiger partial charge in [0.2, 0.25) is 5.91 Å². The van der Waals surface area contributed by atoms with Gasteiger partial charge in [-0.05, 0) is 60.9 Å². The molecule has 1 amide bonds. The fourth-order valence-corrected chi connectivity index (χ4v) is 3.13. The van der Waals surface area contributed by atoms with Gasteiger partial charge in [0.25, 0.3) is 0 Å². The SMILES string of the molecule is CCCN(CC(=O)O)CC(=O)NCCc1c(C)cc(C(C)(C)C)cc1C.Cl. The van der Waals surface area contributed by atoms with E-state index in [1.165, 1.54) is 22.3 Å². The van der Waals surface area contributed by atoms with Gasteiger partial charge in [0.15, 0.2) is 0 Å². The molecule has 0 saturated heterocycles. The average molecular weight is 399 g/mol.